The highest BCUT2D eigenvalue weighted by atomic mass is 35.5. The van der Waals surface area contributed by atoms with Gasteiger partial charge in [0.2, 0.25) is 0 Å². The van der Waals surface area contributed by atoms with E-state index in [9.17, 15) is 4.79 Å². The summed E-state index contributed by atoms with van der Waals surface area (Å²) in [6.45, 7) is 0. The number of carbonyl (C=O) groups excluding carboxylic acids is 1. The summed E-state index contributed by atoms with van der Waals surface area (Å²) < 4.78 is 4.72. The molecular formula is C13H10ClNO2. The Kier molecular flexibility index (Phi) is 3.40. The molecule has 0 amide bonds. The van der Waals surface area contributed by atoms with E-state index in [-0.39, 0.29) is 0 Å². The van der Waals surface area contributed by atoms with Gasteiger partial charge in [0.25, 0.3) is 0 Å². The molecule has 2 aromatic rings. The molecule has 17 heavy (non-hydrogen) atoms. The number of pyridine rings is 1. The molecular weight excluding hydrogens is 238 g/mol. The van der Waals surface area contributed by atoms with Crippen LogP contribution in [-0.4, -0.2) is 18.1 Å². The van der Waals surface area contributed by atoms with Crippen LogP contribution in [-0.2, 0) is 4.74 Å². The van der Waals surface area contributed by atoms with Gasteiger partial charge in [-0.3, -0.25) is 4.98 Å². The van der Waals surface area contributed by atoms with Crippen molar-refractivity contribution in [2.75, 3.05) is 7.11 Å². The number of hydrogen-bond donors (Lipinski definition) is 0. The first-order valence-corrected chi connectivity index (χ1v) is 5.38. The normalized spacial score (nSPS) is 10.0. The quantitative estimate of drug-likeness (QED) is 0.765. The molecule has 0 aliphatic heterocycles. The van der Waals surface area contributed by atoms with E-state index in [1.165, 1.54) is 13.3 Å². The summed E-state index contributed by atoms with van der Waals surface area (Å²) in [5.74, 6) is -0.409. The fraction of sp³-hybridized carbons (Fsp3) is 0.0769. The Balaban J connectivity index is 2.55. The number of aromatic nitrogens is 1. The maximum absolute atomic E-state index is 11.6. The first kappa shape index (κ1) is 11.6. The van der Waals surface area contributed by atoms with E-state index in [4.69, 9.17) is 16.3 Å². The number of halogens is 1. The van der Waals surface area contributed by atoms with Crippen LogP contribution in [0.2, 0.25) is 5.02 Å². The molecule has 4 heteroatoms. The molecule has 0 N–H and O–H groups in total. The van der Waals surface area contributed by atoms with Crippen LogP contribution in [0.1, 0.15) is 10.4 Å². The standard InChI is InChI=1S/C13H10ClNO2/c1-17-13(16)12-8-15-6-5-11(12)9-3-2-4-10(14)7-9/h2-8H,1H3. The largest absolute Gasteiger partial charge is 0.465 e. The first-order chi connectivity index (χ1) is 8.22. The zero-order chi connectivity index (χ0) is 12.3. The summed E-state index contributed by atoms with van der Waals surface area (Å²) in [6, 6.07) is 9.05. The average molecular weight is 248 g/mol. The molecule has 0 spiro atoms. The summed E-state index contributed by atoms with van der Waals surface area (Å²) in [4.78, 5) is 15.5. The SMILES string of the molecule is COC(=O)c1cnccc1-c1cccc(Cl)c1. The molecule has 1 heterocycles. The van der Waals surface area contributed by atoms with E-state index < -0.39 is 5.97 Å². The van der Waals surface area contributed by atoms with Crippen molar-refractivity contribution < 1.29 is 9.53 Å². The molecule has 0 bridgehead atoms. The highest BCUT2D eigenvalue weighted by molar-refractivity contribution is 6.30. The third-order valence-electron chi connectivity index (χ3n) is 2.36. The van der Waals surface area contributed by atoms with Crippen LogP contribution < -0.4 is 0 Å². The van der Waals surface area contributed by atoms with Gasteiger partial charge in [-0.2, -0.15) is 0 Å². The van der Waals surface area contributed by atoms with Gasteiger partial charge in [-0.25, -0.2) is 4.79 Å². The van der Waals surface area contributed by atoms with Gasteiger partial charge in [0, 0.05) is 17.4 Å². The van der Waals surface area contributed by atoms with Gasteiger partial charge in [0.1, 0.15) is 0 Å². The van der Waals surface area contributed by atoms with Gasteiger partial charge in [-0.15, -0.1) is 0 Å². The fourth-order valence-electron chi connectivity index (χ4n) is 1.57. The Morgan fingerprint density at radius 2 is 2.18 bits per heavy atom. The van der Waals surface area contributed by atoms with E-state index in [1.54, 1.807) is 24.4 Å². The Labute approximate surface area is 104 Å². The number of rotatable bonds is 2. The van der Waals surface area contributed by atoms with E-state index >= 15 is 0 Å². The molecule has 1 aromatic carbocycles. The van der Waals surface area contributed by atoms with Gasteiger partial charge in [-0.05, 0) is 29.3 Å². The molecule has 0 saturated heterocycles. The second-order valence-corrected chi connectivity index (χ2v) is 3.86. The van der Waals surface area contributed by atoms with E-state index in [0.29, 0.717) is 10.6 Å². The van der Waals surface area contributed by atoms with Gasteiger partial charge in [0.05, 0.1) is 12.7 Å². The van der Waals surface area contributed by atoms with E-state index in [0.717, 1.165) is 11.1 Å². The summed E-state index contributed by atoms with van der Waals surface area (Å²) in [6.07, 6.45) is 3.12. The molecule has 0 saturated carbocycles. The number of methoxy groups -OCH3 is 1. The maximum Gasteiger partial charge on any atom is 0.340 e. The van der Waals surface area contributed by atoms with Crippen LogP contribution in [0.4, 0.5) is 0 Å². The lowest BCUT2D eigenvalue weighted by molar-refractivity contribution is 0.0601. The van der Waals surface area contributed by atoms with Crippen molar-refractivity contribution in [2.24, 2.45) is 0 Å². The highest BCUT2D eigenvalue weighted by Gasteiger charge is 2.13. The van der Waals surface area contributed by atoms with E-state index in [1.807, 2.05) is 12.1 Å². The summed E-state index contributed by atoms with van der Waals surface area (Å²) >= 11 is 5.93. The Bertz CT molecular complexity index is 555. The second-order valence-electron chi connectivity index (χ2n) is 3.42. The minimum absolute atomic E-state index is 0.409. The molecule has 1 aromatic heterocycles. The van der Waals surface area contributed by atoms with Gasteiger partial charge >= 0.3 is 5.97 Å². The summed E-state index contributed by atoms with van der Waals surface area (Å²) in [5.41, 5.74) is 2.05. The molecule has 0 fully saturated rings. The topological polar surface area (TPSA) is 39.2 Å². The maximum atomic E-state index is 11.6. The van der Waals surface area contributed by atoms with Crippen LogP contribution in [0.15, 0.2) is 42.7 Å². The van der Waals surface area contributed by atoms with E-state index in [2.05, 4.69) is 4.98 Å². The highest BCUT2D eigenvalue weighted by Crippen LogP contribution is 2.25. The molecule has 0 unspecified atom stereocenters. The van der Waals surface area contributed by atoms with Crippen LogP contribution >= 0.6 is 11.6 Å². The molecule has 0 aliphatic carbocycles. The molecule has 0 aliphatic rings. The zero-order valence-corrected chi connectivity index (χ0v) is 9.94. The lowest BCUT2D eigenvalue weighted by Gasteiger charge is -2.07. The zero-order valence-electron chi connectivity index (χ0n) is 9.18. The molecule has 2 rings (SSSR count). The van der Waals surface area contributed by atoms with Crippen molar-refractivity contribution in [1.29, 1.82) is 0 Å². The summed E-state index contributed by atoms with van der Waals surface area (Å²) in [7, 11) is 1.34. The third kappa shape index (κ3) is 2.45. The lowest BCUT2D eigenvalue weighted by Crippen LogP contribution is -2.04. The van der Waals surface area contributed by atoms with Crippen molar-refractivity contribution >= 4 is 17.6 Å². The minimum Gasteiger partial charge on any atom is -0.465 e. The monoisotopic (exact) mass is 247 g/mol. The molecule has 0 atom stereocenters. The second kappa shape index (κ2) is 4.97. The van der Waals surface area contributed by atoms with Crippen LogP contribution in [0, 0.1) is 0 Å². The van der Waals surface area contributed by atoms with Crippen molar-refractivity contribution in [2.45, 2.75) is 0 Å². The first-order valence-electron chi connectivity index (χ1n) is 5.00. The number of ether oxygens (including phenoxy) is 1. The number of hydrogen-bond acceptors (Lipinski definition) is 3. The lowest BCUT2D eigenvalue weighted by atomic mass is 10.0. The average Bonchev–Trinajstić information content (AvgIpc) is 2.38. The van der Waals surface area contributed by atoms with Crippen LogP contribution in [0.3, 0.4) is 0 Å². The number of benzene rings is 1. The molecule has 86 valence electrons. The molecule has 3 nitrogen and oxygen atoms in total. The van der Waals surface area contributed by atoms with Gasteiger partial charge in [-0.1, -0.05) is 23.7 Å². The number of nitrogens with zero attached hydrogens (tertiary/aromatic N) is 1. The van der Waals surface area contributed by atoms with Gasteiger partial charge in [0.15, 0.2) is 0 Å². The van der Waals surface area contributed by atoms with Crippen LogP contribution in [0.5, 0.6) is 0 Å². The predicted molar refractivity (Wildman–Crippen MR) is 66.0 cm³/mol. The molecule has 0 radical (unpaired) electrons. The van der Waals surface area contributed by atoms with Crippen molar-refractivity contribution in [3.63, 3.8) is 0 Å². The predicted octanol–water partition coefficient (Wildman–Crippen LogP) is 3.19. The Morgan fingerprint density at radius 1 is 1.35 bits per heavy atom. The van der Waals surface area contributed by atoms with Crippen molar-refractivity contribution in [3.8, 4) is 11.1 Å². The summed E-state index contributed by atoms with van der Waals surface area (Å²) in [5, 5.41) is 0.620. The van der Waals surface area contributed by atoms with Crippen LogP contribution in [0.25, 0.3) is 11.1 Å². The Morgan fingerprint density at radius 3 is 2.88 bits per heavy atom. The Hall–Kier alpha value is -1.87. The minimum atomic E-state index is -0.409. The van der Waals surface area contributed by atoms with Crippen molar-refractivity contribution in [1.82, 2.24) is 4.98 Å². The number of carbonyl (C=O) groups is 1. The third-order valence-corrected chi connectivity index (χ3v) is 2.60. The number of esters is 1. The van der Waals surface area contributed by atoms with Gasteiger partial charge < -0.3 is 4.74 Å². The van der Waals surface area contributed by atoms with Crippen molar-refractivity contribution in [3.05, 3.63) is 53.3 Å². The fourth-order valence-corrected chi connectivity index (χ4v) is 1.77. The smallest absolute Gasteiger partial charge is 0.340 e.